The van der Waals surface area contributed by atoms with E-state index in [0.29, 0.717) is 18.7 Å². The number of nitrogens with one attached hydrogen (secondary N) is 1. The summed E-state index contributed by atoms with van der Waals surface area (Å²) in [6, 6.07) is 25.2. The van der Waals surface area contributed by atoms with Crippen LogP contribution in [-0.2, 0) is 11.2 Å². The van der Waals surface area contributed by atoms with E-state index in [-0.39, 0.29) is 11.5 Å². The molecular weight excluding hydrogens is 354 g/mol. The van der Waals surface area contributed by atoms with E-state index >= 15 is 0 Å². The third-order valence-electron chi connectivity index (χ3n) is 4.25. The van der Waals surface area contributed by atoms with Crippen molar-refractivity contribution in [1.82, 2.24) is 5.32 Å². The largest absolute Gasteiger partial charge is 0.478 e. The minimum Gasteiger partial charge on any atom is -0.478 e. The van der Waals surface area contributed by atoms with Crippen LogP contribution in [0.25, 0.3) is 0 Å². The average Bonchev–Trinajstić information content (AvgIpc) is 2.73. The first-order chi connectivity index (χ1) is 13.6. The van der Waals surface area contributed by atoms with Crippen molar-refractivity contribution < 1.29 is 19.4 Å². The third kappa shape index (κ3) is 5.20. The Bertz CT molecular complexity index is 908. The minimum absolute atomic E-state index is 0.225. The topological polar surface area (TPSA) is 75.6 Å². The first kappa shape index (κ1) is 19.2. The van der Waals surface area contributed by atoms with Gasteiger partial charge in [0.25, 0.3) is 5.91 Å². The predicted molar refractivity (Wildman–Crippen MR) is 106 cm³/mol. The van der Waals surface area contributed by atoms with Crippen molar-refractivity contribution in [2.45, 2.75) is 12.5 Å². The standard InChI is InChI=1S/C23H21NO4/c25-22(24-16-15-17-11-13-19(14-12-17)23(26)27)21(18-7-3-1-4-8-18)28-20-9-5-2-6-10-20/h1-14,21H,15-16H2,(H,24,25)(H,26,27). The zero-order chi connectivity index (χ0) is 19.8. The van der Waals surface area contributed by atoms with Crippen LogP contribution >= 0.6 is 0 Å². The van der Waals surface area contributed by atoms with Gasteiger partial charge in [-0.25, -0.2) is 4.79 Å². The van der Waals surface area contributed by atoms with Gasteiger partial charge in [0.15, 0.2) is 0 Å². The van der Waals surface area contributed by atoms with E-state index in [9.17, 15) is 9.59 Å². The molecule has 3 aromatic carbocycles. The van der Waals surface area contributed by atoms with Crippen LogP contribution in [0.4, 0.5) is 0 Å². The van der Waals surface area contributed by atoms with Gasteiger partial charge in [-0.05, 0) is 36.2 Å². The lowest BCUT2D eigenvalue weighted by Gasteiger charge is -2.19. The zero-order valence-electron chi connectivity index (χ0n) is 15.2. The molecule has 3 rings (SSSR count). The van der Waals surface area contributed by atoms with E-state index in [1.165, 1.54) is 0 Å². The summed E-state index contributed by atoms with van der Waals surface area (Å²) in [5.74, 6) is -0.559. The summed E-state index contributed by atoms with van der Waals surface area (Å²) < 4.78 is 5.93. The Morgan fingerprint density at radius 2 is 1.46 bits per heavy atom. The van der Waals surface area contributed by atoms with Crippen molar-refractivity contribution in [3.05, 3.63) is 102 Å². The number of carboxylic acids is 1. The van der Waals surface area contributed by atoms with Gasteiger partial charge >= 0.3 is 5.97 Å². The Hall–Kier alpha value is -3.60. The van der Waals surface area contributed by atoms with Crippen LogP contribution in [0.15, 0.2) is 84.9 Å². The molecule has 0 saturated heterocycles. The van der Waals surface area contributed by atoms with E-state index in [4.69, 9.17) is 9.84 Å². The molecule has 0 aliphatic carbocycles. The summed E-state index contributed by atoms with van der Waals surface area (Å²) in [5, 5.41) is 11.9. The Morgan fingerprint density at radius 1 is 0.857 bits per heavy atom. The fourth-order valence-corrected chi connectivity index (χ4v) is 2.77. The normalized spacial score (nSPS) is 11.4. The number of para-hydroxylation sites is 1. The summed E-state index contributed by atoms with van der Waals surface area (Å²) in [7, 11) is 0. The molecule has 5 heteroatoms. The monoisotopic (exact) mass is 375 g/mol. The predicted octanol–water partition coefficient (Wildman–Crippen LogP) is 3.86. The van der Waals surface area contributed by atoms with Crippen molar-refractivity contribution in [2.75, 3.05) is 6.54 Å². The van der Waals surface area contributed by atoms with Crippen molar-refractivity contribution in [3.8, 4) is 5.75 Å². The second-order valence-corrected chi connectivity index (χ2v) is 6.26. The van der Waals surface area contributed by atoms with Crippen LogP contribution < -0.4 is 10.1 Å². The molecule has 28 heavy (non-hydrogen) atoms. The number of rotatable bonds is 8. The fourth-order valence-electron chi connectivity index (χ4n) is 2.77. The molecule has 3 aromatic rings. The molecule has 1 atom stereocenters. The molecule has 0 saturated carbocycles. The van der Waals surface area contributed by atoms with Crippen LogP contribution in [0.2, 0.25) is 0 Å². The summed E-state index contributed by atoms with van der Waals surface area (Å²) in [6.07, 6.45) is -0.156. The molecule has 0 radical (unpaired) electrons. The molecule has 1 unspecified atom stereocenters. The Kier molecular flexibility index (Phi) is 6.41. The summed E-state index contributed by atoms with van der Waals surface area (Å²) in [4.78, 5) is 23.7. The lowest BCUT2D eigenvalue weighted by molar-refractivity contribution is -0.128. The molecule has 2 N–H and O–H groups in total. The van der Waals surface area contributed by atoms with Gasteiger partial charge in [0.1, 0.15) is 5.75 Å². The molecule has 0 spiro atoms. The molecule has 0 heterocycles. The maximum Gasteiger partial charge on any atom is 0.335 e. The van der Waals surface area contributed by atoms with Gasteiger partial charge in [0, 0.05) is 12.1 Å². The highest BCUT2D eigenvalue weighted by molar-refractivity contribution is 5.87. The Morgan fingerprint density at radius 3 is 2.07 bits per heavy atom. The number of hydrogen-bond acceptors (Lipinski definition) is 3. The van der Waals surface area contributed by atoms with Crippen LogP contribution in [0.3, 0.4) is 0 Å². The second kappa shape index (κ2) is 9.37. The number of carbonyl (C=O) groups excluding carboxylic acids is 1. The van der Waals surface area contributed by atoms with E-state index in [2.05, 4.69) is 5.32 Å². The van der Waals surface area contributed by atoms with E-state index in [1.54, 1.807) is 24.3 Å². The number of carboxylic acid groups (broad SMARTS) is 1. The summed E-state index contributed by atoms with van der Waals surface area (Å²) in [5.41, 5.74) is 1.97. The molecule has 0 bridgehead atoms. The Balaban J connectivity index is 1.63. The molecule has 142 valence electrons. The number of benzene rings is 3. The maximum atomic E-state index is 12.8. The van der Waals surface area contributed by atoms with Crippen molar-refractivity contribution in [2.24, 2.45) is 0 Å². The van der Waals surface area contributed by atoms with Gasteiger partial charge < -0.3 is 15.2 Å². The van der Waals surface area contributed by atoms with Gasteiger partial charge in [-0.2, -0.15) is 0 Å². The lowest BCUT2D eigenvalue weighted by Crippen LogP contribution is -2.33. The highest BCUT2D eigenvalue weighted by atomic mass is 16.5. The number of hydrogen-bond donors (Lipinski definition) is 2. The van der Waals surface area contributed by atoms with Crippen LogP contribution in [0, 0.1) is 0 Å². The lowest BCUT2D eigenvalue weighted by atomic mass is 10.1. The minimum atomic E-state index is -0.955. The summed E-state index contributed by atoms with van der Waals surface area (Å²) >= 11 is 0. The number of aromatic carboxylic acids is 1. The fraction of sp³-hybridized carbons (Fsp3) is 0.130. The SMILES string of the molecule is O=C(O)c1ccc(CCNC(=O)C(Oc2ccccc2)c2ccccc2)cc1. The molecule has 0 aliphatic rings. The quantitative estimate of drug-likeness (QED) is 0.627. The smallest absolute Gasteiger partial charge is 0.335 e. The van der Waals surface area contributed by atoms with Gasteiger partial charge in [-0.3, -0.25) is 4.79 Å². The molecule has 1 amide bonds. The number of ether oxygens (including phenoxy) is 1. The van der Waals surface area contributed by atoms with Gasteiger partial charge in [0.05, 0.1) is 5.56 Å². The van der Waals surface area contributed by atoms with Crippen molar-refractivity contribution >= 4 is 11.9 Å². The third-order valence-corrected chi connectivity index (χ3v) is 4.25. The highest BCUT2D eigenvalue weighted by Crippen LogP contribution is 2.22. The highest BCUT2D eigenvalue weighted by Gasteiger charge is 2.22. The van der Waals surface area contributed by atoms with E-state index in [0.717, 1.165) is 11.1 Å². The maximum absolute atomic E-state index is 12.8. The van der Waals surface area contributed by atoms with Gasteiger partial charge in [-0.1, -0.05) is 60.7 Å². The van der Waals surface area contributed by atoms with Crippen LogP contribution in [0.1, 0.15) is 27.6 Å². The Labute approximate surface area is 163 Å². The number of carbonyl (C=O) groups is 2. The van der Waals surface area contributed by atoms with Gasteiger partial charge in [0.2, 0.25) is 6.10 Å². The van der Waals surface area contributed by atoms with Crippen LogP contribution in [0.5, 0.6) is 5.75 Å². The summed E-state index contributed by atoms with van der Waals surface area (Å²) in [6.45, 7) is 0.423. The van der Waals surface area contributed by atoms with Crippen LogP contribution in [-0.4, -0.2) is 23.5 Å². The van der Waals surface area contributed by atoms with E-state index in [1.807, 2.05) is 60.7 Å². The second-order valence-electron chi connectivity index (χ2n) is 6.26. The molecule has 0 fully saturated rings. The molecule has 0 aliphatic heterocycles. The molecule has 0 aromatic heterocycles. The molecule has 5 nitrogen and oxygen atoms in total. The van der Waals surface area contributed by atoms with E-state index < -0.39 is 12.1 Å². The zero-order valence-corrected chi connectivity index (χ0v) is 15.2. The first-order valence-corrected chi connectivity index (χ1v) is 9.00. The molecular formula is C23H21NO4. The van der Waals surface area contributed by atoms with Crippen molar-refractivity contribution in [3.63, 3.8) is 0 Å². The average molecular weight is 375 g/mol. The first-order valence-electron chi connectivity index (χ1n) is 9.00. The van der Waals surface area contributed by atoms with Crippen molar-refractivity contribution in [1.29, 1.82) is 0 Å². The number of amides is 1. The van der Waals surface area contributed by atoms with Gasteiger partial charge in [-0.15, -0.1) is 0 Å².